The number of nitrogens with one attached hydrogen (secondary N) is 1. The summed E-state index contributed by atoms with van der Waals surface area (Å²) in [5, 5.41) is 2.93. The summed E-state index contributed by atoms with van der Waals surface area (Å²) in [4.78, 5) is 12.4. The van der Waals surface area contributed by atoms with Gasteiger partial charge in [-0.15, -0.1) is 0 Å². The van der Waals surface area contributed by atoms with E-state index in [-0.39, 0.29) is 17.9 Å². The third kappa shape index (κ3) is 4.69. The smallest absolute Gasteiger partial charge is 0.262 e. The lowest BCUT2D eigenvalue weighted by Crippen LogP contribution is -2.23. The molecule has 2 aromatic carbocycles. The number of rotatable bonds is 6. The fourth-order valence-electron chi connectivity index (χ4n) is 2.72. The third-order valence-electron chi connectivity index (χ3n) is 3.96. The first-order chi connectivity index (χ1) is 12.3. The molecule has 0 aliphatic rings. The summed E-state index contributed by atoms with van der Waals surface area (Å²) >= 11 is 0. The van der Waals surface area contributed by atoms with Gasteiger partial charge in [0.15, 0.2) is 18.1 Å². The second-order valence-corrected chi connectivity index (χ2v) is 7.13. The zero-order valence-electron chi connectivity index (χ0n) is 16.3. The molecule has 2 aromatic rings. The highest BCUT2D eigenvalue weighted by atomic mass is 16.5. The van der Waals surface area contributed by atoms with Crippen molar-refractivity contribution in [1.29, 1.82) is 0 Å². The van der Waals surface area contributed by atoms with Crippen LogP contribution in [0.2, 0.25) is 0 Å². The number of anilines is 1. The molecule has 0 aliphatic carbocycles. The molecule has 0 saturated heterocycles. The summed E-state index contributed by atoms with van der Waals surface area (Å²) in [7, 11) is 3.11. The van der Waals surface area contributed by atoms with Crippen LogP contribution in [0.15, 0.2) is 36.4 Å². The van der Waals surface area contributed by atoms with E-state index in [1.165, 1.54) is 0 Å². The van der Waals surface area contributed by atoms with Crippen LogP contribution in [0.5, 0.6) is 17.2 Å². The molecule has 0 radical (unpaired) electrons. The number of para-hydroxylation sites is 1. The quantitative estimate of drug-likeness (QED) is 0.836. The van der Waals surface area contributed by atoms with Crippen molar-refractivity contribution in [3.63, 3.8) is 0 Å². The number of methoxy groups -OCH3 is 2. The molecule has 0 bridgehead atoms. The molecule has 1 N–H and O–H groups in total. The monoisotopic (exact) mass is 357 g/mol. The van der Waals surface area contributed by atoms with Crippen LogP contribution in [0.3, 0.4) is 0 Å². The number of hydrogen-bond donors (Lipinski definition) is 1. The van der Waals surface area contributed by atoms with Gasteiger partial charge in [0, 0.05) is 5.69 Å². The Balaban J connectivity index is 2.14. The van der Waals surface area contributed by atoms with Crippen LogP contribution in [-0.2, 0) is 10.2 Å². The zero-order chi connectivity index (χ0) is 19.3. The minimum absolute atomic E-state index is 0.0753. The van der Waals surface area contributed by atoms with E-state index in [0.717, 1.165) is 16.8 Å². The number of carbonyl (C=O) groups excluding carboxylic acids is 1. The highest BCUT2D eigenvalue weighted by Gasteiger charge is 2.19. The lowest BCUT2D eigenvalue weighted by molar-refractivity contribution is -0.118. The first-order valence-corrected chi connectivity index (χ1v) is 8.51. The van der Waals surface area contributed by atoms with Crippen LogP contribution < -0.4 is 19.5 Å². The molecular weight excluding hydrogens is 330 g/mol. The Hall–Kier alpha value is -2.69. The van der Waals surface area contributed by atoms with Crippen LogP contribution in [0.1, 0.15) is 31.9 Å². The van der Waals surface area contributed by atoms with Gasteiger partial charge in [-0.25, -0.2) is 0 Å². The van der Waals surface area contributed by atoms with E-state index in [9.17, 15) is 4.79 Å². The standard InChI is InChI=1S/C21H27NO4/c1-14-11-17(24-5)20(18(12-14)25-6)26-13-19(23)22-16-10-8-7-9-15(16)21(2,3)4/h7-12H,13H2,1-6H3,(H,22,23). The third-order valence-corrected chi connectivity index (χ3v) is 3.96. The molecule has 0 spiro atoms. The predicted molar refractivity (Wildman–Crippen MR) is 104 cm³/mol. The van der Waals surface area contributed by atoms with E-state index in [1.54, 1.807) is 14.2 Å². The van der Waals surface area contributed by atoms with E-state index in [1.807, 2.05) is 43.3 Å². The van der Waals surface area contributed by atoms with E-state index in [2.05, 4.69) is 26.1 Å². The molecule has 140 valence electrons. The van der Waals surface area contributed by atoms with Crippen molar-refractivity contribution in [2.24, 2.45) is 0 Å². The highest BCUT2D eigenvalue weighted by molar-refractivity contribution is 5.93. The van der Waals surface area contributed by atoms with Gasteiger partial charge in [-0.2, -0.15) is 0 Å². The summed E-state index contributed by atoms with van der Waals surface area (Å²) in [5.74, 6) is 1.24. The Morgan fingerprint density at radius 2 is 1.62 bits per heavy atom. The van der Waals surface area contributed by atoms with E-state index < -0.39 is 0 Å². The highest BCUT2D eigenvalue weighted by Crippen LogP contribution is 2.38. The van der Waals surface area contributed by atoms with Crippen molar-refractivity contribution in [2.45, 2.75) is 33.1 Å². The molecule has 0 saturated carbocycles. The fourth-order valence-corrected chi connectivity index (χ4v) is 2.72. The van der Waals surface area contributed by atoms with Gasteiger partial charge >= 0.3 is 0 Å². The SMILES string of the molecule is COc1cc(C)cc(OC)c1OCC(=O)Nc1ccccc1C(C)(C)C. The molecule has 0 fully saturated rings. The van der Waals surface area contributed by atoms with Gasteiger partial charge in [-0.1, -0.05) is 39.0 Å². The van der Waals surface area contributed by atoms with Crippen molar-refractivity contribution in [1.82, 2.24) is 0 Å². The van der Waals surface area contributed by atoms with Gasteiger partial charge in [-0.3, -0.25) is 4.79 Å². The Morgan fingerprint density at radius 1 is 1.04 bits per heavy atom. The summed E-state index contributed by atoms with van der Waals surface area (Å²) in [5.41, 5.74) is 2.76. The van der Waals surface area contributed by atoms with Crippen molar-refractivity contribution in [3.8, 4) is 17.2 Å². The number of amides is 1. The number of hydrogen-bond acceptors (Lipinski definition) is 4. The molecular formula is C21H27NO4. The molecule has 2 rings (SSSR count). The lowest BCUT2D eigenvalue weighted by Gasteiger charge is -2.23. The van der Waals surface area contributed by atoms with Crippen LogP contribution >= 0.6 is 0 Å². The van der Waals surface area contributed by atoms with Gasteiger partial charge in [0.05, 0.1) is 14.2 Å². The first kappa shape index (κ1) is 19.6. The van der Waals surface area contributed by atoms with Crippen LogP contribution in [0.4, 0.5) is 5.69 Å². The normalized spacial score (nSPS) is 11.0. The molecule has 0 aromatic heterocycles. The zero-order valence-corrected chi connectivity index (χ0v) is 16.3. The molecule has 0 atom stereocenters. The lowest BCUT2D eigenvalue weighted by atomic mass is 9.86. The van der Waals surface area contributed by atoms with E-state index in [4.69, 9.17) is 14.2 Å². The first-order valence-electron chi connectivity index (χ1n) is 8.51. The molecule has 0 aliphatic heterocycles. The molecule has 0 unspecified atom stereocenters. The fraction of sp³-hybridized carbons (Fsp3) is 0.381. The topological polar surface area (TPSA) is 56.8 Å². The van der Waals surface area contributed by atoms with Gasteiger partial charge in [0.2, 0.25) is 5.75 Å². The van der Waals surface area contributed by atoms with Gasteiger partial charge in [-0.05, 0) is 41.7 Å². The van der Waals surface area contributed by atoms with Gasteiger partial charge in [0.1, 0.15) is 0 Å². The average Bonchev–Trinajstić information content (AvgIpc) is 2.59. The average molecular weight is 357 g/mol. The number of ether oxygens (including phenoxy) is 3. The summed E-state index contributed by atoms with van der Waals surface area (Å²) < 4.78 is 16.4. The largest absolute Gasteiger partial charge is 0.493 e. The van der Waals surface area contributed by atoms with Crippen LogP contribution in [-0.4, -0.2) is 26.7 Å². The second-order valence-electron chi connectivity index (χ2n) is 7.13. The van der Waals surface area contributed by atoms with Crippen LogP contribution in [0.25, 0.3) is 0 Å². The maximum Gasteiger partial charge on any atom is 0.262 e. The summed E-state index contributed by atoms with van der Waals surface area (Å²) in [6.45, 7) is 8.11. The number of aryl methyl sites for hydroxylation is 1. The minimum atomic E-state index is -0.244. The summed E-state index contributed by atoms with van der Waals surface area (Å²) in [6.07, 6.45) is 0. The maximum atomic E-state index is 12.4. The van der Waals surface area contributed by atoms with Crippen molar-refractivity contribution in [3.05, 3.63) is 47.5 Å². The van der Waals surface area contributed by atoms with Crippen molar-refractivity contribution in [2.75, 3.05) is 26.1 Å². The molecule has 5 nitrogen and oxygen atoms in total. The predicted octanol–water partition coefficient (Wildman–Crippen LogP) is 4.33. The Morgan fingerprint density at radius 3 is 2.15 bits per heavy atom. The molecule has 26 heavy (non-hydrogen) atoms. The van der Waals surface area contributed by atoms with E-state index in [0.29, 0.717) is 17.2 Å². The Kier molecular flexibility index (Phi) is 6.14. The molecule has 5 heteroatoms. The Bertz CT molecular complexity index is 753. The van der Waals surface area contributed by atoms with Crippen molar-refractivity contribution >= 4 is 11.6 Å². The maximum absolute atomic E-state index is 12.4. The number of benzene rings is 2. The summed E-state index contributed by atoms with van der Waals surface area (Å²) in [6, 6.07) is 11.5. The Labute approximate surface area is 155 Å². The minimum Gasteiger partial charge on any atom is -0.493 e. The van der Waals surface area contributed by atoms with Gasteiger partial charge < -0.3 is 19.5 Å². The molecule has 0 heterocycles. The molecule has 1 amide bonds. The second kappa shape index (κ2) is 8.13. The van der Waals surface area contributed by atoms with Crippen molar-refractivity contribution < 1.29 is 19.0 Å². The number of carbonyl (C=O) groups is 1. The van der Waals surface area contributed by atoms with Gasteiger partial charge in [0.25, 0.3) is 5.91 Å². The van der Waals surface area contributed by atoms with Crippen LogP contribution in [0, 0.1) is 6.92 Å². The van der Waals surface area contributed by atoms with E-state index >= 15 is 0 Å².